The second kappa shape index (κ2) is 19.8. The zero-order chi connectivity index (χ0) is 56.8. The minimum atomic E-state index is -5.01. The highest BCUT2D eigenvalue weighted by Crippen LogP contribution is 2.58. The normalized spacial score (nSPS) is 17.7. The molecule has 390 valence electrons. The van der Waals surface area contributed by atoms with E-state index in [1.54, 1.807) is 84.9 Å². The fourth-order valence-electron chi connectivity index (χ4n) is 9.54. The molecule has 0 radical (unpaired) electrons. The molecule has 0 saturated carbocycles. The number of fused-ring (bicyclic) bond motifs is 3. The number of nitrogens with zero attached hydrogens (tertiary/aromatic N) is 4. The van der Waals surface area contributed by atoms with E-state index in [0.717, 1.165) is 12.1 Å². The summed E-state index contributed by atoms with van der Waals surface area (Å²) in [6.45, 7) is 11.5. The van der Waals surface area contributed by atoms with E-state index >= 15 is 17.6 Å². The van der Waals surface area contributed by atoms with Gasteiger partial charge in [0, 0.05) is 22.7 Å². The van der Waals surface area contributed by atoms with E-state index in [2.05, 4.69) is 17.9 Å². The summed E-state index contributed by atoms with van der Waals surface area (Å²) in [5.41, 5.74) is -9.41. The molecule has 0 spiro atoms. The highest BCUT2D eigenvalue weighted by atomic mass is 19.4. The number of rotatable bonds is 9. The second-order valence-electron chi connectivity index (χ2n) is 20.3. The lowest BCUT2D eigenvalue weighted by molar-refractivity contribution is -0.138. The van der Waals surface area contributed by atoms with Crippen LogP contribution in [0.3, 0.4) is 0 Å². The van der Waals surface area contributed by atoms with E-state index in [9.17, 15) is 47.4 Å². The van der Waals surface area contributed by atoms with Gasteiger partial charge in [-0.3, -0.25) is 0 Å². The molecule has 2 aliphatic carbocycles. The molecule has 0 saturated heterocycles. The van der Waals surface area contributed by atoms with Crippen molar-refractivity contribution >= 4 is 5.57 Å². The second-order valence-corrected chi connectivity index (χ2v) is 20.3. The number of allylic oxidation sites excluding steroid dienone is 6. The summed E-state index contributed by atoms with van der Waals surface area (Å²) in [5, 5.41) is 42.4. The molecule has 0 amide bonds. The maximum Gasteiger partial charge on any atom is 0.468 e. The Balaban J connectivity index is 1.47. The van der Waals surface area contributed by atoms with E-state index in [1.165, 1.54) is 66.7 Å². The SMILES string of the molecule is CC=C1/C(=C\C=C/CC2(C#N)c3ccc(C(F)(F)F)cc3C(C#N)(C#N)c3ccc(C(F)(F)F)cc32)C(c2ccc(OC(F)(F)C#CC(C)(C)C)cc2)(c2ccc(OC(F)(F)C#CC(C)(C)C)cc2)c2ccc(C#N)cc21. The molecular weight excluding hydrogens is 1010 g/mol. The predicted molar refractivity (Wildman–Crippen MR) is 266 cm³/mol. The van der Waals surface area contributed by atoms with Gasteiger partial charge >= 0.3 is 24.6 Å². The van der Waals surface area contributed by atoms with Crippen LogP contribution in [0.15, 0.2) is 133 Å². The lowest BCUT2D eigenvalue weighted by Crippen LogP contribution is -2.41. The van der Waals surface area contributed by atoms with Crippen LogP contribution in [0.4, 0.5) is 43.9 Å². The fourth-order valence-corrected chi connectivity index (χ4v) is 9.54. The van der Waals surface area contributed by atoms with Crippen molar-refractivity contribution in [3.8, 4) is 59.5 Å². The zero-order valence-electron chi connectivity index (χ0n) is 42.2. The summed E-state index contributed by atoms with van der Waals surface area (Å²) in [6.07, 6.45) is -12.3. The Morgan fingerprint density at radius 1 is 0.519 bits per heavy atom. The molecule has 1 atom stereocenters. The summed E-state index contributed by atoms with van der Waals surface area (Å²) in [4.78, 5) is 0. The van der Waals surface area contributed by atoms with E-state index < -0.39 is 85.9 Å². The average molecular weight is 1060 g/mol. The standard InChI is InChI=1S/C61H44F10N4O2/c1-8-45-46-31-38(34-72)12-23-48(46)59(39-13-19-43(20-14-39)76-57(62,63)29-27-53(2,3)4,40-15-21-44(22-16-40)77-58(64,65)30-28-54(5,6)7)47(45)11-9-10-26-55(35-73)49-24-17-42(61(69,70)71)33-52(49)56(36-74,37-75)50-25-18-41(32-51(50)55)60(66,67)68/h8-25,31-33H,26H2,1-7H3/b10-9-,45-8?,47-11+. The number of halogens is 10. The summed E-state index contributed by atoms with van der Waals surface area (Å²) in [5.74, 6) is 8.04. The molecule has 0 fully saturated rings. The Bertz CT molecular complexity index is 3470. The molecule has 0 bridgehead atoms. The maximum atomic E-state index is 15.1. The van der Waals surface area contributed by atoms with Gasteiger partial charge in [0.1, 0.15) is 16.9 Å². The molecule has 1 unspecified atom stereocenters. The van der Waals surface area contributed by atoms with Crippen molar-refractivity contribution in [1.29, 1.82) is 21.0 Å². The van der Waals surface area contributed by atoms with Crippen molar-refractivity contribution in [1.82, 2.24) is 0 Å². The van der Waals surface area contributed by atoms with Crippen molar-refractivity contribution in [2.45, 2.75) is 95.7 Å². The summed E-state index contributed by atoms with van der Waals surface area (Å²) >= 11 is 0. The Labute approximate surface area is 438 Å². The minimum Gasteiger partial charge on any atom is -0.423 e. The fraction of sp³-hybridized carbons (Fsp3) is 0.279. The van der Waals surface area contributed by atoms with E-state index in [4.69, 9.17) is 9.47 Å². The third-order valence-electron chi connectivity index (χ3n) is 12.8. The van der Waals surface area contributed by atoms with Crippen LogP contribution in [0.25, 0.3) is 5.57 Å². The lowest BCUT2D eigenvalue weighted by atomic mass is 9.57. The first kappa shape index (κ1) is 56.0. The van der Waals surface area contributed by atoms with Gasteiger partial charge in [0.05, 0.1) is 46.4 Å². The molecule has 5 aromatic carbocycles. The van der Waals surface area contributed by atoms with Gasteiger partial charge in [0.2, 0.25) is 0 Å². The monoisotopic (exact) mass is 1050 g/mol. The van der Waals surface area contributed by atoms with Crippen LogP contribution in [0.5, 0.6) is 11.5 Å². The number of nitriles is 4. The smallest absolute Gasteiger partial charge is 0.423 e. The summed E-state index contributed by atoms with van der Waals surface area (Å²) < 4.78 is 157. The highest BCUT2D eigenvalue weighted by Gasteiger charge is 2.54. The van der Waals surface area contributed by atoms with E-state index in [1.807, 2.05) is 17.9 Å². The van der Waals surface area contributed by atoms with Crippen LogP contribution in [0.2, 0.25) is 0 Å². The maximum absolute atomic E-state index is 15.1. The van der Waals surface area contributed by atoms with Crippen LogP contribution in [0, 0.1) is 79.8 Å². The highest BCUT2D eigenvalue weighted by molar-refractivity contribution is 5.94. The lowest BCUT2D eigenvalue weighted by Gasteiger charge is -2.41. The quantitative estimate of drug-likeness (QED) is 0.107. The molecule has 2 aliphatic rings. The van der Waals surface area contributed by atoms with Crippen LogP contribution in [0.1, 0.15) is 116 Å². The molecular formula is C61H44F10N4O2. The van der Waals surface area contributed by atoms with Gasteiger partial charge in [0.15, 0.2) is 5.41 Å². The number of hydrogen-bond acceptors (Lipinski definition) is 6. The molecule has 7 rings (SSSR count). The molecule has 77 heavy (non-hydrogen) atoms. The third kappa shape index (κ3) is 10.8. The Kier molecular flexibility index (Phi) is 14.4. The Hall–Kier alpha value is -8.70. The zero-order valence-corrected chi connectivity index (χ0v) is 42.2. The first-order valence-corrected chi connectivity index (χ1v) is 23.5. The van der Waals surface area contributed by atoms with Gasteiger partial charge in [-0.05, 0) is 171 Å². The van der Waals surface area contributed by atoms with Gasteiger partial charge in [-0.15, -0.1) is 0 Å². The number of alkyl halides is 10. The molecule has 16 heteroatoms. The van der Waals surface area contributed by atoms with Crippen LogP contribution >= 0.6 is 0 Å². The minimum absolute atomic E-state index is 0.224. The molecule has 0 heterocycles. The van der Waals surface area contributed by atoms with E-state index in [0.29, 0.717) is 57.7 Å². The Morgan fingerprint density at radius 3 is 1.42 bits per heavy atom. The third-order valence-corrected chi connectivity index (χ3v) is 12.8. The van der Waals surface area contributed by atoms with Gasteiger partial charge in [-0.2, -0.15) is 65.0 Å². The van der Waals surface area contributed by atoms with Crippen LogP contribution < -0.4 is 9.47 Å². The topological polar surface area (TPSA) is 114 Å². The Morgan fingerprint density at radius 2 is 0.987 bits per heavy atom. The first-order chi connectivity index (χ1) is 35.8. The molecule has 5 aromatic rings. The van der Waals surface area contributed by atoms with Crippen molar-refractivity contribution in [2.24, 2.45) is 10.8 Å². The van der Waals surface area contributed by atoms with Gasteiger partial charge in [0.25, 0.3) is 0 Å². The van der Waals surface area contributed by atoms with Gasteiger partial charge in [-0.25, -0.2) is 0 Å². The molecule has 0 aromatic heterocycles. The number of ether oxygens (including phenoxy) is 2. The van der Waals surface area contributed by atoms with Gasteiger partial charge < -0.3 is 9.47 Å². The van der Waals surface area contributed by atoms with E-state index in [-0.39, 0.29) is 22.6 Å². The summed E-state index contributed by atoms with van der Waals surface area (Å²) in [6, 6.07) is 27.5. The number of hydrogen-bond donors (Lipinski definition) is 0. The molecule has 6 nitrogen and oxygen atoms in total. The van der Waals surface area contributed by atoms with Crippen molar-refractivity contribution in [3.05, 3.63) is 194 Å². The van der Waals surface area contributed by atoms with Crippen LogP contribution in [-0.2, 0) is 28.6 Å². The summed E-state index contributed by atoms with van der Waals surface area (Å²) in [7, 11) is 0. The van der Waals surface area contributed by atoms with Crippen LogP contribution in [-0.4, -0.2) is 12.2 Å². The first-order valence-electron chi connectivity index (χ1n) is 23.5. The largest absolute Gasteiger partial charge is 0.468 e. The number of benzene rings is 5. The van der Waals surface area contributed by atoms with Crippen molar-refractivity contribution in [2.75, 3.05) is 0 Å². The molecule has 0 N–H and O–H groups in total. The van der Waals surface area contributed by atoms with Crippen molar-refractivity contribution < 1.29 is 53.4 Å². The molecule has 0 aliphatic heterocycles. The predicted octanol–water partition coefficient (Wildman–Crippen LogP) is 15.4. The average Bonchev–Trinajstić information content (AvgIpc) is 3.90. The van der Waals surface area contributed by atoms with Gasteiger partial charge in [-0.1, -0.05) is 78.6 Å². The van der Waals surface area contributed by atoms with Crippen molar-refractivity contribution in [3.63, 3.8) is 0 Å².